The van der Waals surface area contributed by atoms with Crippen LogP contribution < -0.4 is 10.2 Å². The molecule has 0 aliphatic carbocycles. The lowest BCUT2D eigenvalue weighted by Gasteiger charge is -2.34. The SMILES string of the molecule is CC1CC(C)CN(S(=O)(=O)c2cccc(C(=O)NCc3ccc(N4CCCC4)nc3)c2)C1. The van der Waals surface area contributed by atoms with Crippen LogP contribution in [0.5, 0.6) is 0 Å². The first-order valence-corrected chi connectivity index (χ1v) is 12.9. The number of carbonyl (C=O) groups is 1. The van der Waals surface area contributed by atoms with Crippen LogP contribution in [0.25, 0.3) is 0 Å². The van der Waals surface area contributed by atoms with Crippen molar-refractivity contribution in [2.45, 2.75) is 44.6 Å². The van der Waals surface area contributed by atoms with Crippen molar-refractivity contribution in [3.63, 3.8) is 0 Å². The number of sulfonamides is 1. The molecule has 172 valence electrons. The van der Waals surface area contributed by atoms with Crippen LogP contribution >= 0.6 is 0 Å². The number of hydrogen-bond acceptors (Lipinski definition) is 5. The second kappa shape index (κ2) is 9.58. The molecule has 2 unspecified atom stereocenters. The highest BCUT2D eigenvalue weighted by molar-refractivity contribution is 7.89. The van der Waals surface area contributed by atoms with E-state index in [1.54, 1.807) is 28.7 Å². The molecule has 8 heteroatoms. The van der Waals surface area contributed by atoms with E-state index < -0.39 is 10.0 Å². The van der Waals surface area contributed by atoms with Gasteiger partial charge in [0.2, 0.25) is 10.0 Å². The van der Waals surface area contributed by atoms with E-state index in [0.717, 1.165) is 30.9 Å². The molecule has 3 heterocycles. The Morgan fingerprint density at radius 2 is 1.81 bits per heavy atom. The second-order valence-corrected chi connectivity index (χ2v) is 11.1. The largest absolute Gasteiger partial charge is 0.357 e. The van der Waals surface area contributed by atoms with E-state index in [-0.39, 0.29) is 10.8 Å². The molecule has 0 saturated carbocycles. The van der Waals surface area contributed by atoms with Gasteiger partial charge in [-0.05, 0) is 60.9 Å². The van der Waals surface area contributed by atoms with Crippen molar-refractivity contribution in [3.8, 4) is 0 Å². The maximum absolute atomic E-state index is 13.2. The Labute approximate surface area is 190 Å². The molecular weight excluding hydrogens is 424 g/mol. The number of piperidine rings is 1. The van der Waals surface area contributed by atoms with Gasteiger partial charge in [0.1, 0.15) is 5.82 Å². The number of amides is 1. The van der Waals surface area contributed by atoms with Gasteiger partial charge < -0.3 is 10.2 Å². The van der Waals surface area contributed by atoms with Gasteiger partial charge in [-0.2, -0.15) is 4.31 Å². The van der Waals surface area contributed by atoms with Crippen LogP contribution in [0.15, 0.2) is 47.5 Å². The Kier molecular flexibility index (Phi) is 6.81. The maximum atomic E-state index is 13.2. The highest BCUT2D eigenvalue weighted by Gasteiger charge is 2.32. The van der Waals surface area contributed by atoms with E-state index >= 15 is 0 Å². The maximum Gasteiger partial charge on any atom is 0.251 e. The summed E-state index contributed by atoms with van der Waals surface area (Å²) >= 11 is 0. The van der Waals surface area contributed by atoms with Gasteiger partial charge in [0, 0.05) is 44.5 Å². The lowest BCUT2D eigenvalue weighted by Crippen LogP contribution is -2.42. The number of pyridine rings is 1. The Bertz CT molecular complexity index is 1040. The molecule has 1 aromatic heterocycles. The van der Waals surface area contributed by atoms with E-state index in [1.807, 2.05) is 12.1 Å². The van der Waals surface area contributed by atoms with Gasteiger partial charge in [-0.3, -0.25) is 4.79 Å². The van der Waals surface area contributed by atoms with Crippen molar-refractivity contribution >= 4 is 21.7 Å². The number of benzene rings is 1. The van der Waals surface area contributed by atoms with Crippen molar-refractivity contribution in [1.82, 2.24) is 14.6 Å². The summed E-state index contributed by atoms with van der Waals surface area (Å²) in [5, 5.41) is 2.88. The summed E-state index contributed by atoms with van der Waals surface area (Å²) in [5.74, 6) is 1.32. The van der Waals surface area contributed by atoms with Gasteiger partial charge in [0.25, 0.3) is 5.91 Å². The van der Waals surface area contributed by atoms with E-state index in [4.69, 9.17) is 0 Å². The van der Waals surface area contributed by atoms with Crippen LogP contribution in [0, 0.1) is 11.8 Å². The minimum atomic E-state index is -3.63. The molecule has 0 bridgehead atoms. The molecule has 4 rings (SSSR count). The molecule has 1 N–H and O–H groups in total. The molecule has 7 nitrogen and oxygen atoms in total. The highest BCUT2D eigenvalue weighted by atomic mass is 32.2. The topological polar surface area (TPSA) is 82.6 Å². The Balaban J connectivity index is 1.41. The van der Waals surface area contributed by atoms with E-state index in [0.29, 0.717) is 37.0 Å². The first-order valence-electron chi connectivity index (χ1n) is 11.4. The summed E-state index contributed by atoms with van der Waals surface area (Å²) in [6, 6.07) is 10.3. The first-order chi connectivity index (χ1) is 15.3. The molecule has 1 amide bonds. The average Bonchev–Trinajstić information content (AvgIpc) is 3.32. The zero-order chi connectivity index (χ0) is 22.7. The normalized spacial score (nSPS) is 22.1. The van der Waals surface area contributed by atoms with Crippen LogP contribution in [0.1, 0.15) is 49.0 Å². The number of anilines is 1. The Morgan fingerprint density at radius 3 is 2.47 bits per heavy atom. The van der Waals surface area contributed by atoms with Gasteiger partial charge in [0.15, 0.2) is 0 Å². The fraction of sp³-hybridized carbons (Fsp3) is 0.500. The van der Waals surface area contributed by atoms with Crippen molar-refractivity contribution in [2.24, 2.45) is 11.8 Å². The number of hydrogen-bond donors (Lipinski definition) is 1. The molecule has 2 aliphatic heterocycles. The molecule has 0 radical (unpaired) electrons. The van der Waals surface area contributed by atoms with Gasteiger partial charge in [-0.1, -0.05) is 26.0 Å². The Hall–Kier alpha value is -2.45. The zero-order valence-electron chi connectivity index (χ0n) is 18.8. The van der Waals surface area contributed by atoms with E-state index in [9.17, 15) is 13.2 Å². The second-order valence-electron chi connectivity index (χ2n) is 9.20. The quantitative estimate of drug-likeness (QED) is 0.721. The monoisotopic (exact) mass is 456 g/mol. The van der Waals surface area contributed by atoms with Crippen LogP contribution in [0.2, 0.25) is 0 Å². The third-order valence-corrected chi connectivity index (χ3v) is 8.09. The summed E-state index contributed by atoms with van der Waals surface area (Å²) in [6.07, 6.45) is 5.21. The first kappa shape index (κ1) is 22.7. The van der Waals surface area contributed by atoms with Crippen LogP contribution in [-0.4, -0.2) is 49.8 Å². The third-order valence-electron chi connectivity index (χ3n) is 6.26. The molecule has 32 heavy (non-hydrogen) atoms. The van der Waals surface area contributed by atoms with Crippen molar-refractivity contribution < 1.29 is 13.2 Å². The predicted molar refractivity (Wildman–Crippen MR) is 125 cm³/mol. The summed E-state index contributed by atoms with van der Waals surface area (Å²) in [4.78, 5) is 19.6. The number of nitrogens with one attached hydrogen (secondary N) is 1. The van der Waals surface area contributed by atoms with Gasteiger partial charge in [-0.15, -0.1) is 0 Å². The number of carbonyl (C=O) groups excluding carboxylic acids is 1. The lowest BCUT2D eigenvalue weighted by atomic mass is 9.94. The number of aromatic nitrogens is 1. The molecule has 2 fully saturated rings. The summed E-state index contributed by atoms with van der Waals surface area (Å²) in [6.45, 7) is 7.61. The molecule has 2 atom stereocenters. The molecule has 1 aromatic carbocycles. The lowest BCUT2D eigenvalue weighted by molar-refractivity contribution is 0.0950. The smallest absolute Gasteiger partial charge is 0.251 e. The zero-order valence-corrected chi connectivity index (χ0v) is 19.6. The summed E-state index contributed by atoms with van der Waals surface area (Å²) in [7, 11) is -3.63. The minimum absolute atomic E-state index is 0.170. The van der Waals surface area contributed by atoms with Gasteiger partial charge in [-0.25, -0.2) is 13.4 Å². The van der Waals surface area contributed by atoms with Crippen LogP contribution in [0.3, 0.4) is 0 Å². The van der Waals surface area contributed by atoms with Crippen molar-refractivity contribution in [3.05, 3.63) is 53.7 Å². The highest BCUT2D eigenvalue weighted by Crippen LogP contribution is 2.27. The molecular formula is C24H32N4O3S. The summed E-state index contributed by atoms with van der Waals surface area (Å²) < 4.78 is 27.9. The van der Waals surface area contributed by atoms with Crippen molar-refractivity contribution in [2.75, 3.05) is 31.1 Å². The number of rotatable bonds is 6. The minimum Gasteiger partial charge on any atom is -0.357 e. The third kappa shape index (κ3) is 5.13. The van der Waals surface area contributed by atoms with Gasteiger partial charge >= 0.3 is 0 Å². The van der Waals surface area contributed by atoms with Crippen molar-refractivity contribution in [1.29, 1.82) is 0 Å². The Morgan fingerprint density at radius 1 is 1.09 bits per heavy atom. The molecule has 2 aliphatic rings. The molecule has 0 spiro atoms. The molecule has 2 aromatic rings. The molecule has 2 saturated heterocycles. The number of nitrogens with zero attached hydrogens (tertiary/aromatic N) is 3. The average molecular weight is 457 g/mol. The van der Waals surface area contributed by atoms with E-state index in [1.165, 1.54) is 18.9 Å². The van der Waals surface area contributed by atoms with Gasteiger partial charge in [0.05, 0.1) is 4.90 Å². The van der Waals surface area contributed by atoms with Crippen LogP contribution in [-0.2, 0) is 16.6 Å². The van der Waals surface area contributed by atoms with Crippen LogP contribution in [0.4, 0.5) is 5.82 Å². The standard InChI is InChI=1S/C24H32N4O3S/c1-18-12-19(2)17-28(16-18)32(30,31)22-7-5-6-21(13-22)24(29)26-15-20-8-9-23(25-14-20)27-10-3-4-11-27/h5-9,13-14,18-19H,3-4,10-12,15-17H2,1-2H3,(H,26,29). The predicted octanol–water partition coefficient (Wildman–Crippen LogP) is 3.28. The summed E-state index contributed by atoms with van der Waals surface area (Å²) in [5.41, 5.74) is 1.24. The fourth-order valence-electron chi connectivity index (χ4n) is 4.69. The van der Waals surface area contributed by atoms with E-state index in [2.05, 4.69) is 29.0 Å². The fourth-order valence-corrected chi connectivity index (χ4v) is 6.41.